The molecule has 4 nitrogen and oxygen atoms in total. The number of rotatable bonds is 0. The van der Waals surface area contributed by atoms with E-state index in [1.165, 1.54) is 0 Å². The number of fused-ring (bicyclic) bond motifs is 3. The molecule has 0 fully saturated rings. The molecule has 0 saturated heterocycles. The quantitative estimate of drug-likeness (QED) is 0.621. The maximum Gasteiger partial charge on any atom is 0.241 e. The summed E-state index contributed by atoms with van der Waals surface area (Å²) in [6.07, 6.45) is 1.50. The number of aryl methyl sites for hydroxylation is 1. The fraction of sp³-hybridized carbons (Fsp3) is 0.250. The van der Waals surface area contributed by atoms with Crippen molar-refractivity contribution in [3.05, 3.63) is 30.0 Å². The molecule has 1 aliphatic heterocycles. The number of hydrogen-bond donors (Lipinski definition) is 3. The largest absolute Gasteiger partial charge is 0.357 e. The van der Waals surface area contributed by atoms with E-state index < -0.39 is 6.04 Å². The van der Waals surface area contributed by atoms with Crippen LogP contribution in [0.2, 0.25) is 0 Å². The van der Waals surface area contributed by atoms with Gasteiger partial charge >= 0.3 is 0 Å². The van der Waals surface area contributed by atoms with Crippen LogP contribution in [0.3, 0.4) is 0 Å². The zero-order valence-corrected chi connectivity index (χ0v) is 8.79. The Kier molecular flexibility index (Phi) is 1.97. The first-order valence-electron chi connectivity index (χ1n) is 5.42. The van der Waals surface area contributed by atoms with E-state index in [0.717, 1.165) is 28.7 Å². The predicted molar refractivity (Wildman–Crippen MR) is 63.2 cm³/mol. The number of para-hydroxylation sites is 1. The van der Waals surface area contributed by atoms with Gasteiger partial charge in [0.2, 0.25) is 5.91 Å². The van der Waals surface area contributed by atoms with Crippen LogP contribution in [0.5, 0.6) is 0 Å². The van der Waals surface area contributed by atoms with Crippen LogP contribution in [0.4, 0.5) is 5.69 Å². The number of hydrogen-bond acceptors (Lipinski definition) is 2. The third-order valence-electron chi connectivity index (χ3n) is 3.07. The van der Waals surface area contributed by atoms with Gasteiger partial charge in [-0.3, -0.25) is 4.79 Å². The fourth-order valence-electron chi connectivity index (χ4n) is 2.17. The minimum Gasteiger partial charge on any atom is -0.357 e. The molecule has 1 aromatic carbocycles. The highest BCUT2D eigenvalue weighted by Crippen LogP contribution is 2.30. The van der Waals surface area contributed by atoms with Crippen molar-refractivity contribution >= 4 is 22.5 Å². The molecule has 4 N–H and O–H groups in total. The van der Waals surface area contributed by atoms with Gasteiger partial charge in [0.1, 0.15) is 0 Å². The Morgan fingerprint density at radius 1 is 1.31 bits per heavy atom. The number of nitrogens with two attached hydrogens (primary N) is 1. The van der Waals surface area contributed by atoms with Gasteiger partial charge in [0.15, 0.2) is 0 Å². The van der Waals surface area contributed by atoms with Crippen molar-refractivity contribution in [3.63, 3.8) is 0 Å². The molecule has 0 radical (unpaired) electrons. The van der Waals surface area contributed by atoms with Crippen LogP contribution in [0.15, 0.2) is 24.3 Å². The number of anilines is 1. The molecule has 2 aromatic rings. The maximum absolute atomic E-state index is 11.7. The summed E-state index contributed by atoms with van der Waals surface area (Å²) in [5.41, 5.74) is 8.76. The second kappa shape index (κ2) is 3.35. The molecule has 3 rings (SSSR count). The van der Waals surface area contributed by atoms with Crippen molar-refractivity contribution in [1.29, 1.82) is 0 Å². The second-order valence-corrected chi connectivity index (χ2v) is 4.16. The predicted octanol–water partition coefficient (Wildman–Crippen LogP) is 1.38. The van der Waals surface area contributed by atoms with Crippen LogP contribution in [-0.4, -0.2) is 16.9 Å². The lowest BCUT2D eigenvalue weighted by molar-refractivity contribution is -0.117. The third-order valence-corrected chi connectivity index (χ3v) is 3.07. The van der Waals surface area contributed by atoms with E-state index in [1.54, 1.807) is 0 Å². The van der Waals surface area contributed by atoms with Crippen LogP contribution in [0, 0.1) is 0 Å². The first-order valence-corrected chi connectivity index (χ1v) is 5.42. The van der Waals surface area contributed by atoms with E-state index in [9.17, 15) is 4.79 Å². The zero-order valence-electron chi connectivity index (χ0n) is 8.79. The Hall–Kier alpha value is -1.81. The normalized spacial score (nSPS) is 20.3. The average Bonchev–Trinajstić information content (AvgIpc) is 2.58. The summed E-state index contributed by atoms with van der Waals surface area (Å²) in [5, 5.41) is 3.96. The van der Waals surface area contributed by atoms with Crippen LogP contribution in [-0.2, 0) is 11.2 Å². The van der Waals surface area contributed by atoms with E-state index in [0.29, 0.717) is 6.42 Å². The molecule has 0 bridgehead atoms. The van der Waals surface area contributed by atoms with Gasteiger partial charge in [-0.15, -0.1) is 0 Å². The molecule has 4 heteroatoms. The standard InChI is InChI=1S/C12H13N3O/c13-8-5-6-10-11(15-12(8)16)7-3-1-2-4-9(7)14-10/h1-4,8,14H,5-6,13H2,(H,15,16). The summed E-state index contributed by atoms with van der Waals surface area (Å²) in [6.45, 7) is 0. The van der Waals surface area contributed by atoms with Crippen LogP contribution >= 0.6 is 0 Å². The topological polar surface area (TPSA) is 70.9 Å². The van der Waals surface area contributed by atoms with E-state index in [-0.39, 0.29) is 5.91 Å². The minimum absolute atomic E-state index is 0.0940. The van der Waals surface area contributed by atoms with Crippen molar-refractivity contribution < 1.29 is 4.79 Å². The number of H-pyrrole nitrogens is 1. The molecule has 82 valence electrons. The number of benzene rings is 1. The highest BCUT2D eigenvalue weighted by Gasteiger charge is 2.22. The summed E-state index contributed by atoms with van der Waals surface area (Å²) in [5.74, 6) is -0.0940. The van der Waals surface area contributed by atoms with Gasteiger partial charge in [-0.2, -0.15) is 0 Å². The Morgan fingerprint density at radius 3 is 3.00 bits per heavy atom. The van der Waals surface area contributed by atoms with Gasteiger partial charge in [-0.25, -0.2) is 0 Å². The average molecular weight is 215 g/mol. The lowest BCUT2D eigenvalue weighted by Crippen LogP contribution is -2.34. The Labute approximate surface area is 92.8 Å². The fourth-order valence-corrected chi connectivity index (χ4v) is 2.17. The summed E-state index contributed by atoms with van der Waals surface area (Å²) >= 11 is 0. The number of aromatic nitrogens is 1. The molecule has 1 aromatic heterocycles. The molecular formula is C12H13N3O. The number of carbonyl (C=O) groups excluding carboxylic acids is 1. The Bertz CT molecular complexity index is 558. The number of aromatic amines is 1. The maximum atomic E-state index is 11.7. The van der Waals surface area contributed by atoms with Gasteiger partial charge < -0.3 is 16.0 Å². The van der Waals surface area contributed by atoms with E-state index in [2.05, 4.69) is 10.3 Å². The molecule has 2 heterocycles. The van der Waals surface area contributed by atoms with Gasteiger partial charge in [-0.05, 0) is 18.9 Å². The highest BCUT2D eigenvalue weighted by molar-refractivity contribution is 6.05. The third kappa shape index (κ3) is 1.31. The molecule has 1 amide bonds. The van der Waals surface area contributed by atoms with Crippen molar-refractivity contribution in [2.24, 2.45) is 5.73 Å². The Morgan fingerprint density at radius 2 is 2.12 bits per heavy atom. The molecule has 1 aliphatic rings. The minimum atomic E-state index is -0.403. The second-order valence-electron chi connectivity index (χ2n) is 4.16. The molecule has 1 unspecified atom stereocenters. The first-order chi connectivity index (χ1) is 7.75. The van der Waals surface area contributed by atoms with Crippen LogP contribution in [0.1, 0.15) is 12.1 Å². The zero-order chi connectivity index (χ0) is 11.1. The monoisotopic (exact) mass is 215 g/mol. The van der Waals surface area contributed by atoms with Gasteiger partial charge in [0.05, 0.1) is 11.7 Å². The summed E-state index contributed by atoms with van der Waals surface area (Å²) in [7, 11) is 0. The molecule has 16 heavy (non-hydrogen) atoms. The molecule has 0 aliphatic carbocycles. The summed E-state index contributed by atoms with van der Waals surface area (Å²) in [4.78, 5) is 15.0. The molecular weight excluding hydrogens is 202 g/mol. The number of carbonyl (C=O) groups is 1. The van der Waals surface area contributed by atoms with Crippen molar-refractivity contribution in [2.75, 3.05) is 5.32 Å². The van der Waals surface area contributed by atoms with Crippen LogP contribution < -0.4 is 11.1 Å². The molecule has 0 spiro atoms. The Balaban J connectivity index is 2.18. The SMILES string of the molecule is NC1CCc2[nH]c3ccccc3c2NC1=O. The summed E-state index contributed by atoms with van der Waals surface area (Å²) < 4.78 is 0. The number of nitrogens with one attached hydrogen (secondary N) is 2. The van der Waals surface area contributed by atoms with Gasteiger partial charge in [0.25, 0.3) is 0 Å². The van der Waals surface area contributed by atoms with Gasteiger partial charge in [0, 0.05) is 16.6 Å². The highest BCUT2D eigenvalue weighted by atomic mass is 16.2. The van der Waals surface area contributed by atoms with Crippen molar-refractivity contribution in [3.8, 4) is 0 Å². The van der Waals surface area contributed by atoms with E-state index in [4.69, 9.17) is 5.73 Å². The van der Waals surface area contributed by atoms with Crippen molar-refractivity contribution in [1.82, 2.24) is 4.98 Å². The van der Waals surface area contributed by atoms with Gasteiger partial charge in [-0.1, -0.05) is 18.2 Å². The molecule has 1 atom stereocenters. The first kappa shape index (κ1) is 9.42. The summed E-state index contributed by atoms with van der Waals surface area (Å²) in [6, 6.07) is 7.55. The van der Waals surface area contributed by atoms with Crippen molar-refractivity contribution in [2.45, 2.75) is 18.9 Å². The molecule has 0 saturated carbocycles. The lowest BCUT2D eigenvalue weighted by atomic mass is 10.1. The van der Waals surface area contributed by atoms with E-state index >= 15 is 0 Å². The van der Waals surface area contributed by atoms with Crippen LogP contribution in [0.25, 0.3) is 10.9 Å². The number of amides is 1. The smallest absolute Gasteiger partial charge is 0.241 e. The van der Waals surface area contributed by atoms with E-state index in [1.807, 2.05) is 24.3 Å². The lowest BCUT2D eigenvalue weighted by Gasteiger charge is -2.06.